The molecule has 36 heavy (non-hydrogen) atoms. The van der Waals surface area contributed by atoms with Gasteiger partial charge >= 0.3 is 21.3 Å². The van der Waals surface area contributed by atoms with E-state index in [1.807, 2.05) is 0 Å². The third kappa shape index (κ3) is 7.45. The molecule has 0 aliphatic carbocycles. The minimum Gasteiger partial charge on any atom is -0.387 e. The number of aliphatic hydroxyl groups is 2. The van der Waals surface area contributed by atoms with Crippen LogP contribution >= 0.6 is 15.6 Å². The van der Waals surface area contributed by atoms with Gasteiger partial charge in [-0.2, -0.15) is 9.29 Å². The van der Waals surface area contributed by atoms with Crippen molar-refractivity contribution in [3.63, 3.8) is 0 Å². The topological polar surface area (TPSA) is 262 Å². The Morgan fingerprint density at radius 2 is 1.81 bits per heavy atom. The van der Waals surface area contributed by atoms with Crippen molar-refractivity contribution in [2.45, 2.75) is 31.1 Å². The molecule has 1 saturated heterocycles. The molecule has 1 aromatic heterocycles. The van der Waals surface area contributed by atoms with Crippen molar-refractivity contribution < 1.29 is 57.4 Å². The molecule has 1 aliphatic heterocycles. The van der Waals surface area contributed by atoms with E-state index in [1.165, 1.54) is 30.3 Å². The van der Waals surface area contributed by atoms with Crippen LogP contribution in [0.4, 0.5) is 11.5 Å². The SMILES string of the molecule is O=c1nc(NOCc2ccc([N+](=O)[O-])cc2)ccn1[C@@H]1O[C@H](COP(=O)(O)OP(=O)(O)O)[C@@H](O)[C@H]1O. The molecule has 2 aromatic rings. The highest BCUT2D eigenvalue weighted by Crippen LogP contribution is 2.57. The number of phosphoric acid groups is 2. The predicted molar refractivity (Wildman–Crippen MR) is 115 cm³/mol. The van der Waals surface area contributed by atoms with Gasteiger partial charge in [-0.25, -0.2) is 19.4 Å². The van der Waals surface area contributed by atoms with Crippen molar-refractivity contribution in [3.05, 3.63) is 62.7 Å². The molecule has 1 unspecified atom stereocenters. The summed E-state index contributed by atoms with van der Waals surface area (Å²) in [6.45, 7) is -0.956. The van der Waals surface area contributed by atoms with E-state index < -0.39 is 57.4 Å². The van der Waals surface area contributed by atoms with Crippen LogP contribution < -0.4 is 11.2 Å². The van der Waals surface area contributed by atoms with Crippen molar-refractivity contribution in [3.8, 4) is 0 Å². The van der Waals surface area contributed by atoms with E-state index >= 15 is 0 Å². The Morgan fingerprint density at radius 1 is 1.14 bits per heavy atom. The van der Waals surface area contributed by atoms with E-state index in [1.54, 1.807) is 0 Å². The highest BCUT2D eigenvalue weighted by Gasteiger charge is 2.45. The average Bonchev–Trinajstić information content (AvgIpc) is 3.05. The first-order valence-electron chi connectivity index (χ1n) is 9.72. The number of non-ortho nitro benzene ring substituents is 1. The molecule has 0 bridgehead atoms. The van der Waals surface area contributed by atoms with Gasteiger partial charge in [0.15, 0.2) is 12.0 Å². The number of aliphatic hydroxyl groups excluding tert-OH is 2. The zero-order chi connectivity index (χ0) is 26.7. The van der Waals surface area contributed by atoms with Crippen LogP contribution in [-0.4, -0.2) is 64.3 Å². The number of anilines is 1. The molecule has 1 fully saturated rings. The van der Waals surface area contributed by atoms with Gasteiger partial charge in [-0.15, -0.1) is 0 Å². The summed E-state index contributed by atoms with van der Waals surface area (Å²) < 4.78 is 36.3. The van der Waals surface area contributed by atoms with Crippen LogP contribution in [0.15, 0.2) is 41.3 Å². The van der Waals surface area contributed by atoms with Crippen LogP contribution in [0.25, 0.3) is 0 Å². The maximum atomic E-state index is 12.4. The summed E-state index contributed by atoms with van der Waals surface area (Å²) in [6, 6.07) is 6.80. The van der Waals surface area contributed by atoms with Gasteiger partial charge in [0.2, 0.25) is 0 Å². The zero-order valence-electron chi connectivity index (χ0n) is 17.8. The summed E-state index contributed by atoms with van der Waals surface area (Å²) in [4.78, 5) is 57.9. The molecule has 1 aromatic carbocycles. The lowest BCUT2D eigenvalue weighted by molar-refractivity contribution is -0.384. The number of hydrogen-bond donors (Lipinski definition) is 6. The molecule has 6 N–H and O–H groups in total. The van der Waals surface area contributed by atoms with E-state index in [-0.39, 0.29) is 18.1 Å². The predicted octanol–water partition coefficient (Wildman–Crippen LogP) is -0.459. The highest BCUT2D eigenvalue weighted by atomic mass is 31.3. The van der Waals surface area contributed by atoms with Gasteiger partial charge in [-0.3, -0.25) is 24.0 Å². The maximum Gasteiger partial charge on any atom is 0.481 e. The van der Waals surface area contributed by atoms with Crippen LogP contribution in [0, 0.1) is 10.1 Å². The average molecular weight is 554 g/mol. The molecule has 0 saturated carbocycles. The third-order valence-corrected chi connectivity index (χ3v) is 6.77. The van der Waals surface area contributed by atoms with Crippen molar-refractivity contribution >= 4 is 27.2 Å². The minimum atomic E-state index is -5.36. The summed E-state index contributed by atoms with van der Waals surface area (Å²) >= 11 is 0. The van der Waals surface area contributed by atoms with Gasteiger partial charge in [-0.05, 0) is 23.8 Å². The van der Waals surface area contributed by atoms with Gasteiger partial charge in [0.25, 0.3) is 5.69 Å². The van der Waals surface area contributed by atoms with Gasteiger partial charge in [-0.1, -0.05) is 0 Å². The summed E-state index contributed by atoms with van der Waals surface area (Å²) in [5.41, 5.74) is 1.95. The number of nitrogens with one attached hydrogen (secondary N) is 1. The number of nitrogens with zero attached hydrogens (tertiary/aromatic N) is 3. The number of phosphoric ester groups is 1. The quantitative estimate of drug-likeness (QED) is 0.117. The number of nitro benzene ring substituents is 1. The Bertz CT molecular complexity index is 1230. The number of rotatable bonds is 11. The van der Waals surface area contributed by atoms with Gasteiger partial charge in [0.1, 0.15) is 18.3 Å². The Labute approximate surface area is 200 Å². The molecule has 5 atom stereocenters. The zero-order valence-corrected chi connectivity index (χ0v) is 19.6. The fourth-order valence-electron chi connectivity index (χ4n) is 2.99. The molecule has 0 spiro atoms. The Balaban J connectivity index is 1.58. The fraction of sp³-hybridized carbons (Fsp3) is 0.375. The second-order valence-corrected chi connectivity index (χ2v) is 10.0. The molecular weight excluding hydrogens is 534 g/mol. The number of ether oxygens (including phenoxy) is 1. The van der Waals surface area contributed by atoms with Crippen LogP contribution in [-0.2, 0) is 34.1 Å². The summed E-state index contributed by atoms with van der Waals surface area (Å²) in [6.07, 6.45) is -5.27. The largest absolute Gasteiger partial charge is 0.481 e. The molecule has 2 heterocycles. The van der Waals surface area contributed by atoms with Crippen LogP contribution in [0.3, 0.4) is 0 Å². The first kappa shape index (κ1) is 28.0. The molecule has 0 radical (unpaired) electrons. The molecule has 20 heteroatoms. The Morgan fingerprint density at radius 3 is 2.39 bits per heavy atom. The van der Waals surface area contributed by atoms with Crippen LogP contribution in [0.5, 0.6) is 0 Å². The smallest absolute Gasteiger partial charge is 0.387 e. The summed E-state index contributed by atoms with van der Waals surface area (Å²) in [5, 5.41) is 31.0. The molecule has 0 amide bonds. The number of benzene rings is 1. The third-order valence-electron chi connectivity index (χ3n) is 4.62. The Kier molecular flexibility index (Phi) is 8.71. The van der Waals surface area contributed by atoms with Crippen molar-refractivity contribution in [1.29, 1.82) is 0 Å². The monoisotopic (exact) mass is 554 g/mol. The van der Waals surface area contributed by atoms with Gasteiger partial charge in [0.05, 0.1) is 18.1 Å². The molecular formula is C16H20N4O14P2. The molecule has 198 valence electrons. The second-order valence-electron chi connectivity index (χ2n) is 7.20. The van der Waals surface area contributed by atoms with E-state index in [9.17, 15) is 39.1 Å². The maximum absolute atomic E-state index is 12.4. The van der Waals surface area contributed by atoms with E-state index in [4.69, 9.17) is 19.4 Å². The van der Waals surface area contributed by atoms with Crippen molar-refractivity contribution in [1.82, 2.24) is 9.55 Å². The number of nitro groups is 1. The number of hydrogen-bond acceptors (Lipinski definition) is 13. The standard InChI is InChI=1S/C16H20N4O14P2/c21-13-11(8-32-36(29,30)34-35(26,27)28)33-15(14(13)22)19-6-5-12(17-16(19)23)18-31-7-9-1-3-10(4-2-9)20(24)25/h1-6,11,13-15,21-22H,7-8H2,(H,29,30)(H,17,18,23)(H2,26,27,28)/t11-,13-,14-,15-/m1/s1. The molecule has 18 nitrogen and oxygen atoms in total. The number of aromatic nitrogens is 2. The molecule has 3 rings (SSSR count). The first-order valence-corrected chi connectivity index (χ1v) is 12.7. The van der Waals surface area contributed by atoms with Crippen molar-refractivity contribution in [2.75, 3.05) is 12.1 Å². The summed E-state index contributed by atoms with van der Waals surface area (Å²) in [5.74, 6) is -0.0399. The van der Waals surface area contributed by atoms with E-state index in [0.29, 0.717) is 5.56 Å². The van der Waals surface area contributed by atoms with Crippen LogP contribution in [0.2, 0.25) is 0 Å². The normalized spacial score (nSPS) is 23.8. The molecule has 1 aliphatic rings. The summed E-state index contributed by atoms with van der Waals surface area (Å²) in [7, 11) is -10.6. The highest BCUT2D eigenvalue weighted by molar-refractivity contribution is 7.60. The van der Waals surface area contributed by atoms with E-state index in [0.717, 1.165) is 10.8 Å². The van der Waals surface area contributed by atoms with Gasteiger partial charge < -0.3 is 29.6 Å². The fourth-order valence-corrected chi connectivity index (χ4v) is 4.59. The minimum absolute atomic E-state index is 0.0263. The van der Waals surface area contributed by atoms with Crippen molar-refractivity contribution in [2.24, 2.45) is 0 Å². The lowest BCUT2D eigenvalue weighted by atomic mass is 10.1. The first-order chi connectivity index (χ1) is 16.8. The lowest BCUT2D eigenvalue weighted by Crippen LogP contribution is -2.36. The Hall–Kier alpha value is -2.60. The van der Waals surface area contributed by atoms with E-state index in [2.05, 4.69) is 19.3 Å². The van der Waals surface area contributed by atoms with Gasteiger partial charge in [0, 0.05) is 18.3 Å². The van der Waals surface area contributed by atoms with Crippen LogP contribution in [0.1, 0.15) is 11.8 Å². The lowest BCUT2D eigenvalue weighted by Gasteiger charge is -2.18. The second kappa shape index (κ2) is 11.2.